The SMILES string of the molecule is Nc1ccc(CN(CCO)CC(F)F)c(Br)c1. The van der Waals surface area contributed by atoms with Crippen LogP contribution in [0.25, 0.3) is 0 Å². The molecule has 0 radical (unpaired) electrons. The predicted octanol–water partition coefficient (Wildman–Crippen LogP) is 2.09. The first-order valence-electron chi connectivity index (χ1n) is 5.18. The van der Waals surface area contributed by atoms with Crippen LogP contribution in [0.2, 0.25) is 0 Å². The maximum Gasteiger partial charge on any atom is 0.251 e. The van der Waals surface area contributed by atoms with Crippen molar-refractivity contribution >= 4 is 21.6 Å². The summed E-state index contributed by atoms with van der Waals surface area (Å²) in [6, 6.07) is 5.24. The molecule has 0 bridgehead atoms. The third-order valence-corrected chi connectivity index (χ3v) is 3.02. The topological polar surface area (TPSA) is 49.5 Å². The third kappa shape index (κ3) is 4.97. The van der Waals surface area contributed by atoms with Crippen molar-refractivity contribution in [1.29, 1.82) is 0 Å². The summed E-state index contributed by atoms with van der Waals surface area (Å²) in [6.45, 7) is 0.0869. The number of hydrogen-bond donors (Lipinski definition) is 2. The Morgan fingerprint density at radius 3 is 2.65 bits per heavy atom. The average Bonchev–Trinajstić information content (AvgIpc) is 2.21. The third-order valence-electron chi connectivity index (χ3n) is 2.28. The lowest BCUT2D eigenvalue weighted by atomic mass is 10.2. The van der Waals surface area contributed by atoms with Gasteiger partial charge in [0, 0.05) is 23.2 Å². The van der Waals surface area contributed by atoms with Crippen LogP contribution < -0.4 is 5.73 Å². The van der Waals surface area contributed by atoms with E-state index in [1.165, 1.54) is 4.90 Å². The molecule has 0 aliphatic rings. The van der Waals surface area contributed by atoms with E-state index in [9.17, 15) is 8.78 Å². The number of alkyl halides is 2. The van der Waals surface area contributed by atoms with Crippen molar-refractivity contribution in [2.75, 3.05) is 25.4 Å². The van der Waals surface area contributed by atoms with E-state index in [0.717, 1.165) is 10.0 Å². The van der Waals surface area contributed by atoms with E-state index in [1.54, 1.807) is 18.2 Å². The van der Waals surface area contributed by atoms with Crippen molar-refractivity contribution in [2.45, 2.75) is 13.0 Å². The zero-order chi connectivity index (χ0) is 12.8. The molecule has 0 spiro atoms. The van der Waals surface area contributed by atoms with Crippen LogP contribution >= 0.6 is 15.9 Å². The van der Waals surface area contributed by atoms with Gasteiger partial charge in [0.25, 0.3) is 6.43 Å². The lowest BCUT2D eigenvalue weighted by Crippen LogP contribution is -2.31. The molecule has 1 rings (SSSR count). The second-order valence-corrected chi connectivity index (χ2v) is 4.55. The summed E-state index contributed by atoms with van der Waals surface area (Å²) in [4.78, 5) is 1.50. The second kappa shape index (κ2) is 6.88. The monoisotopic (exact) mass is 308 g/mol. The fourth-order valence-electron chi connectivity index (χ4n) is 1.50. The van der Waals surface area contributed by atoms with Crippen molar-refractivity contribution < 1.29 is 13.9 Å². The van der Waals surface area contributed by atoms with E-state index in [1.807, 2.05) is 0 Å². The van der Waals surface area contributed by atoms with E-state index in [4.69, 9.17) is 10.8 Å². The zero-order valence-electron chi connectivity index (χ0n) is 9.24. The van der Waals surface area contributed by atoms with Gasteiger partial charge in [-0.3, -0.25) is 4.90 Å². The number of benzene rings is 1. The van der Waals surface area contributed by atoms with Crippen LogP contribution in [0.4, 0.5) is 14.5 Å². The maximum atomic E-state index is 12.3. The molecule has 1 aromatic carbocycles. The summed E-state index contributed by atoms with van der Waals surface area (Å²) in [5.74, 6) is 0. The molecule has 0 saturated heterocycles. The highest BCUT2D eigenvalue weighted by atomic mass is 79.9. The van der Waals surface area contributed by atoms with Gasteiger partial charge in [0.15, 0.2) is 0 Å². The quantitative estimate of drug-likeness (QED) is 0.791. The van der Waals surface area contributed by atoms with Gasteiger partial charge in [-0.2, -0.15) is 0 Å². The molecule has 0 aromatic heterocycles. The van der Waals surface area contributed by atoms with Gasteiger partial charge in [0.2, 0.25) is 0 Å². The van der Waals surface area contributed by atoms with E-state index < -0.39 is 6.43 Å². The number of hydrogen-bond acceptors (Lipinski definition) is 3. The van der Waals surface area contributed by atoms with Gasteiger partial charge in [0.05, 0.1) is 13.2 Å². The van der Waals surface area contributed by atoms with E-state index in [2.05, 4.69) is 15.9 Å². The Kier molecular flexibility index (Phi) is 5.80. The number of nitrogens with two attached hydrogens (primary N) is 1. The van der Waals surface area contributed by atoms with Crippen LogP contribution in [0.5, 0.6) is 0 Å². The van der Waals surface area contributed by atoms with Gasteiger partial charge < -0.3 is 10.8 Å². The Bertz CT molecular complexity index is 363. The van der Waals surface area contributed by atoms with E-state index >= 15 is 0 Å². The Morgan fingerprint density at radius 1 is 1.41 bits per heavy atom. The minimum atomic E-state index is -2.41. The van der Waals surface area contributed by atoms with Crippen molar-refractivity contribution in [3.8, 4) is 0 Å². The Labute approximate surface area is 107 Å². The number of nitrogen functional groups attached to an aromatic ring is 1. The zero-order valence-corrected chi connectivity index (χ0v) is 10.8. The molecular weight excluding hydrogens is 294 g/mol. The number of halogens is 3. The average molecular weight is 309 g/mol. The molecule has 0 heterocycles. The van der Waals surface area contributed by atoms with Gasteiger partial charge in [0.1, 0.15) is 0 Å². The smallest absolute Gasteiger partial charge is 0.251 e. The number of anilines is 1. The summed E-state index contributed by atoms with van der Waals surface area (Å²) < 4.78 is 25.4. The molecule has 0 unspecified atom stereocenters. The summed E-state index contributed by atoms with van der Waals surface area (Å²) in [6.07, 6.45) is -2.41. The van der Waals surface area contributed by atoms with Crippen molar-refractivity contribution in [2.24, 2.45) is 0 Å². The first-order valence-corrected chi connectivity index (χ1v) is 5.97. The van der Waals surface area contributed by atoms with Gasteiger partial charge in [-0.05, 0) is 17.7 Å². The Morgan fingerprint density at radius 2 is 2.12 bits per heavy atom. The molecule has 17 heavy (non-hydrogen) atoms. The lowest BCUT2D eigenvalue weighted by Gasteiger charge is -2.21. The first-order chi connectivity index (χ1) is 8.02. The normalized spacial score (nSPS) is 11.4. The number of rotatable bonds is 6. The molecule has 0 saturated carbocycles. The lowest BCUT2D eigenvalue weighted by molar-refractivity contribution is 0.0745. The second-order valence-electron chi connectivity index (χ2n) is 3.70. The largest absolute Gasteiger partial charge is 0.399 e. The molecule has 0 amide bonds. The summed E-state index contributed by atoms with van der Waals surface area (Å²) in [5, 5.41) is 8.82. The molecule has 0 aliphatic heterocycles. The van der Waals surface area contributed by atoms with Gasteiger partial charge in [-0.1, -0.05) is 22.0 Å². The van der Waals surface area contributed by atoms with Crippen LogP contribution in [-0.4, -0.2) is 36.1 Å². The van der Waals surface area contributed by atoms with Crippen molar-refractivity contribution in [3.05, 3.63) is 28.2 Å². The number of aliphatic hydroxyl groups excluding tert-OH is 1. The fraction of sp³-hybridized carbons (Fsp3) is 0.455. The molecule has 3 nitrogen and oxygen atoms in total. The molecule has 0 fully saturated rings. The van der Waals surface area contributed by atoms with Crippen molar-refractivity contribution in [3.63, 3.8) is 0 Å². The van der Waals surface area contributed by atoms with Gasteiger partial charge >= 0.3 is 0 Å². The molecular formula is C11H15BrF2N2O. The molecule has 1 aromatic rings. The van der Waals surface area contributed by atoms with Crippen LogP contribution in [-0.2, 0) is 6.54 Å². The van der Waals surface area contributed by atoms with E-state index in [0.29, 0.717) is 12.2 Å². The first kappa shape index (κ1) is 14.3. The predicted molar refractivity (Wildman–Crippen MR) is 66.9 cm³/mol. The van der Waals surface area contributed by atoms with Crippen LogP contribution in [0.15, 0.2) is 22.7 Å². The maximum absolute atomic E-state index is 12.3. The van der Waals surface area contributed by atoms with Crippen LogP contribution in [0.1, 0.15) is 5.56 Å². The van der Waals surface area contributed by atoms with Crippen LogP contribution in [0, 0.1) is 0 Å². The summed E-state index contributed by atoms with van der Waals surface area (Å²) in [7, 11) is 0. The fourth-order valence-corrected chi connectivity index (χ4v) is 2.03. The molecule has 3 N–H and O–H groups in total. The molecule has 96 valence electrons. The number of nitrogens with zero attached hydrogens (tertiary/aromatic N) is 1. The van der Waals surface area contributed by atoms with E-state index in [-0.39, 0.29) is 19.7 Å². The minimum absolute atomic E-state index is 0.140. The molecule has 0 aliphatic carbocycles. The molecule has 6 heteroatoms. The Balaban J connectivity index is 2.71. The number of aliphatic hydroxyl groups is 1. The summed E-state index contributed by atoms with van der Waals surface area (Å²) in [5.41, 5.74) is 7.08. The Hall–Kier alpha value is -0.720. The van der Waals surface area contributed by atoms with Gasteiger partial charge in [-0.15, -0.1) is 0 Å². The van der Waals surface area contributed by atoms with Gasteiger partial charge in [-0.25, -0.2) is 8.78 Å². The van der Waals surface area contributed by atoms with Crippen molar-refractivity contribution in [1.82, 2.24) is 4.90 Å². The highest BCUT2D eigenvalue weighted by Crippen LogP contribution is 2.21. The molecule has 0 atom stereocenters. The minimum Gasteiger partial charge on any atom is -0.399 e. The van der Waals surface area contributed by atoms with Crippen LogP contribution in [0.3, 0.4) is 0 Å². The highest BCUT2D eigenvalue weighted by molar-refractivity contribution is 9.10. The summed E-state index contributed by atoms with van der Waals surface area (Å²) >= 11 is 3.34. The highest BCUT2D eigenvalue weighted by Gasteiger charge is 2.13. The standard InChI is InChI=1S/C11H15BrF2N2O/c12-10-5-9(15)2-1-8(10)6-16(3-4-17)7-11(13)14/h1-2,5,11,17H,3-4,6-7,15H2.